The summed E-state index contributed by atoms with van der Waals surface area (Å²) in [6.45, 7) is 2.67. The van der Waals surface area contributed by atoms with Gasteiger partial charge >= 0.3 is 11.9 Å². The van der Waals surface area contributed by atoms with Crippen LogP contribution in [-0.4, -0.2) is 23.7 Å². The topological polar surface area (TPSA) is 63.6 Å². The third-order valence-corrected chi connectivity index (χ3v) is 4.21. The van der Waals surface area contributed by atoms with E-state index in [0.717, 1.165) is 12.8 Å². The van der Waals surface area contributed by atoms with E-state index in [0.29, 0.717) is 6.61 Å². The van der Waals surface area contributed by atoms with Crippen LogP contribution in [0.15, 0.2) is 12.2 Å². The van der Waals surface area contributed by atoms with E-state index < -0.39 is 11.9 Å². The second-order valence-corrected chi connectivity index (χ2v) is 6.70. The number of unbranched alkanes of at least 4 members (excludes halogenated alkanes) is 11. The van der Waals surface area contributed by atoms with Gasteiger partial charge in [-0.1, -0.05) is 70.4 Å². The highest BCUT2D eigenvalue weighted by Crippen LogP contribution is 2.09. The highest BCUT2D eigenvalue weighted by atomic mass is 16.5. The van der Waals surface area contributed by atoms with Crippen LogP contribution in [0.5, 0.6) is 0 Å². The van der Waals surface area contributed by atoms with E-state index in [-0.39, 0.29) is 12.8 Å². The highest BCUT2D eigenvalue weighted by molar-refractivity contribution is 5.76. The van der Waals surface area contributed by atoms with Crippen molar-refractivity contribution in [3.63, 3.8) is 0 Å². The molecule has 0 heterocycles. The quantitative estimate of drug-likeness (QED) is 0.185. The van der Waals surface area contributed by atoms with Crippen LogP contribution >= 0.6 is 0 Å². The summed E-state index contributed by atoms with van der Waals surface area (Å²) in [5.74, 6) is -1.36. The largest absolute Gasteiger partial charge is 0.481 e. The predicted octanol–water partition coefficient (Wildman–Crippen LogP) is 6.04. The van der Waals surface area contributed by atoms with Crippen LogP contribution in [0.4, 0.5) is 0 Å². The number of carbonyl (C=O) groups excluding carboxylic acids is 1. The lowest BCUT2D eigenvalue weighted by Crippen LogP contribution is -2.08. The van der Waals surface area contributed by atoms with Crippen LogP contribution in [0.25, 0.3) is 0 Å². The molecule has 0 saturated carbocycles. The maximum atomic E-state index is 11.2. The minimum atomic E-state index is -0.959. The molecule has 0 aliphatic carbocycles. The number of carboxylic acid groups (broad SMARTS) is 1. The van der Waals surface area contributed by atoms with E-state index >= 15 is 0 Å². The van der Waals surface area contributed by atoms with Gasteiger partial charge in [0.2, 0.25) is 0 Å². The van der Waals surface area contributed by atoms with Gasteiger partial charge in [-0.05, 0) is 32.1 Å². The number of hydrogen-bond acceptors (Lipinski definition) is 3. The number of carbonyl (C=O) groups is 2. The lowest BCUT2D eigenvalue weighted by atomic mass is 10.1. The molecule has 0 spiro atoms. The molecule has 0 radical (unpaired) electrons. The summed E-state index contributed by atoms with van der Waals surface area (Å²) in [6.07, 6.45) is 20.6. The first-order chi connectivity index (χ1) is 12.2. The van der Waals surface area contributed by atoms with E-state index in [4.69, 9.17) is 9.84 Å². The van der Waals surface area contributed by atoms with Gasteiger partial charge in [0.25, 0.3) is 0 Å². The molecule has 0 amide bonds. The van der Waals surface area contributed by atoms with Crippen LogP contribution in [-0.2, 0) is 14.3 Å². The zero-order valence-electron chi connectivity index (χ0n) is 16.1. The Kier molecular flexibility index (Phi) is 18.0. The van der Waals surface area contributed by atoms with Crippen LogP contribution < -0.4 is 0 Å². The average Bonchev–Trinajstić information content (AvgIpc) is 2.59. The molecule has 0 rings (SSSR count). The Labute approximate surface area is 154 Å². The molecule has 0 aromatic carbocycles. The molecule has 0 aromatic heterocycles. The summed E-state index contributed by atoms with van der Waals surface area (Å²) < 4.78 is 4.99. The van der Waals surface area contributed by atoms with Gasteiger partial charge in [-0.2, -0.15) is 0 Å². The number of rotatable bonds is 18. The third kappa shape index (κ3) is 20.6. The van der Waals surface area contributed by atoms with Crippen molar-refractivity contribution in [3.05, 3.63) is 12.2 Å². The normalized spacial score (nSPS) is 11.1. The number of esters is 1. The van der Waals surface area contributed by atoms with Gasteiger partial charge in [0, 0.05) is 0 Å². The lowest BCUT2D eigenvalue weighted by molar-refractivity contribution is -0.147. The zero-order chi connectivity index (χ0) is 18.6. The Balaban J connectivity index is 3.18. The molecule has 4 nitrogen and oxygen atoms in total. The first-order valence-corrected chi connectivity index (χ1v) is 10.2. The molecule has 0 aliphatic rings. The lowest BCUT2D eigenvalue weighted by Gasteiger charge is -2.04. The summed E-state index contributed by atoms with van der Waals surface area (Å²) in [6, 6.07) is 0. The average molecular weight is 355 g/mol. The zero-order valence-corrected chi connectivity index (χ0v) is 16.1. The third-order valence-electron chi connectivity index (χ3n) is 4.21. The van der Waals surface area contributed by atoms with Gasteiger partial charge in [-0.25, -0.2) is 0 Å². The summed E-state index contributed by atoms with van der Waals surface area (Å²) in [7, 11) is 0. The van der Waals surface area contributed by atoms with Crippen molar-refractivity contribution < 1.29 is 19.4 Å². The molecule has 0 saturated heterocycles. The number of aliphatic carboxylic acids is 1. The van der Waals surface area contributed by atoms with Crippen molar-refractivity contribution in [3.8, 4) is 0 Å². The first kappa shape index (κ1) is 23.7. The molecule has 0 unspecified atom stereocenters. The summed E-state index contributed by atoms with van der Waals surface area (Å²) >= 11 is 0. The highest BCUT2D eigenvalue weighted by Gasteiger charge is 2.05. The Bertz CT molecular complexity index is 350. The molecule has 1 N–H and O–H groups in total. The first-order valence-electron chi connectivity index (χ1n) is 10.2. The fourth-order valence-corrected chi connectivity index (χ4v) is 2.64. The summed E-state index contributed by atoms with van der Waals surface area (Å²) in [4.78, 5) is 21.5. The van der Waals surface area contributed by atoms with E-state index in [2.05, 4.69) is 19.1 Å². The van der Waals surface area contributed by atoms with Crippen molar-refractivity contribution in [1.82, 2.24) is 0 Å². The van der Waals surface area contributed by atoms with Crippen molar-refractivity contribution in [1.29, 1.82) is 0 Å². The van der Waals surface area contributed by atoms with Gasteiger partial charge in [-0.3, -0.25) is 9.59 Å². The van der Waals surface area contributed by atoms with Gasteiger partial charge in [0.15, 0.2) is 0 Å². The minimum absolute atomic E-state index is 0.0262. The van der Waals surface area contributed by atoms with Crippen LogP contribution in [0, 0.1) is 0 Å². The fraction of sp³-hybridized carbons (Fsp3) is 0.810. The van der Waals surface area contributed by atoms with Gasteiger partial charge in [0.05, 0.1) is 19.4 Å². The van der Waals surface area contributed by atoms with Crippen LogP contribution in [0.3, 0.4) is 0 Å². The molecule has 0 atom stereocenters. The fourth-order valence-electron chi connectivity index (χ4n) is 2.64. The maximum absolute atomic E-state index is 11.2. The Morgan fingerprint density at radius 2 is 1.28 bits per heavy atom. The van der Waals surface area contributed by atoms with Crippen molar-refractivity contribution in [2.45, 2.75) is 103 Å². The Hall–Kier alpha value is -1.32. The van der Waals surface area contributed by atoms with Gasteiger partial charge in [0.1, 0.15) is 0 Å². The molecule has 4 heteroatoms. The van der Waals surface area contributed by atoms with E-state index in [1.165, 1.54) is 70.6 Å². The number of hydrogen-bond donors (Lipinski definition) is 1. The predicted molar refractivity (Wildman–Crippen MR) is 103 cm³/mol. The minimum Gasteiger partial charge on any atom is -0.481 e. The van der Waals surface area contributed by atoms with E-state index in [1.54, 1.807) is 0 Å². The van der Waals surface area contributed by atoms with Crippen molar-refractivity contribution in [2.75, 3.05) is 6.61 Å². The molecular weight excluding hydrogens is 316 g/mol. The smallest absolute Gasteiger partial charge is 0.306 e. The van der Waals surface area contributed by atoms with Gasteiger partial charge < -0.3 is 9.84 Å². The van der Waals surface area contributed by atoms with Crippen molar-refractivity contribution in [2.24, 2.45) is 0 Å². The van der Waals surface area contributed by atoms with Crippen molar-refractivity contribution >= 4 is 11.9 Å². The second kappa shape index (κ2) is 19.0. The Morgan fingerprint density at radius 1 is 0.760 bits per heavy atom. The maximum Gasteiger partial charge on any atom is 0.306 e. The Morgan fingerprint density at radius 3 is 1.84 bits per heavy atom. The molecular formula is C21H38O4. The number of allylic oxidation sites excluding steroid dienone is 2. The molecule has 25 heavy (non-hydrogen) atoms. The number of ether oxygens (including phenoxy) is 1. The number of carboxylic acids is 1. The van der Waals surface area contributed by atoms with Crippen LogP contribution in [0.1, 0.15) is 103 Å². The molecule has 146 valence electrons. The SMILES string of the molecule is CCCCCCC/C=C\CCCCCCCCOC(=O)CCC(=O)O. The monoisotopic (exact) mass is 354 g/mol. The van der Waals surface area contributed by atoms with E-state index in [9.17, 15) is 9.59 Å². The summed E-state index contributed by atoms with van der Waals surface area (Å²) in [5.41, 5.74) is 0. The summed E-state index contributed by atoms with van der Waals surface area (Å²) in [5, 5.41) is 8.46. The molecule has 0 aromatic rings. The van der Waals surface area contributed by atoms with Crippen LogP contribution in [0.2, 0.25) is 0 Å². The standard InChI is InChI=1S/C21H38O4/c1-2-3-4-5-6-7-8-9-10-11-12-13-14-15-16-19-25-21(24)18-17-20(22)23/h8-9H,2-7,10-19H2,1H3,(H,22,23)/b9-8-. The van der Waals surface area contributed by atoms with E-state index in [1.807, 2.05) is 0 Å². The van der Waals surface area contributed by atoms with Gasteiger partial charge in [-0.15, -0.1) is 0 Å². The molecule has 0 aliphatic heterocycles. The second-order valence-electron chi connectivity index (χ2n) is 6.70. The molecule has 0 bridgehead atoms. The molecule has 0 fully saturated rings.